The number of halogens is 2. The van der Waals surface area contributed by atoms with Gasteiger partial charge in [-0.3, -0.25) is 0 Å². The number of nitrogens with zero attached hydrogens (tertiary/aromatic N) is 2. The van der Waals surface area contributed by atoms with Gasteiger partial charge < -0.3 is 9.88 Å². The van der Waals surface area contributed by atoms with Crippen LogP contribution in [-0.2, 0) is 6.54 Å². The van der Waals surface area contributed by atoms with Crippen LogP contribution in [0.2, 0.25) is 10.0 Å². The Morgan fingerprint density at radius 1 is 1.13 bits per heavy atom. The second-order valence-corrected chi connectivity index (χ2v) is 6.95. The number of benzene rings is 2. The van der Waals surface area contributed by atoms with Crippen molar-refractivity contribution in [1.29, 1.82) is 0 Å². The Morgan fingerprint density at radius 2 is 2.00 bits per heavy atom. The minimum atomic E-state index is 0.572. The van der Waals surface area contributed by atoms with E-state index in [9.17, 15) is 0 Å². The van der Waals surface area contributed by atoms with Crippen molar-refractivity contribution in [2.75, 3.05) is 5.88 Å². The van der Waals surface area contributed by atoms with E-state index >= 15 is 0 Å². The highest BCUT2D eigenvalue weighted by molar-refractivity contribution is 8.02. The van der Waals surface area contributed by atoms with Crippen molar-refractivity contribution in [1.82, 2.24) is 14.9 Å². The van der Waals surface area contributed by atoms with Crippen LogP contribution in [0.25, 0.3) is 16.7 Å². The molecule has 116 valence electrons. The maximum Gasteiger partial charge on any atom is 0.158 e. The molecule has 1 aliphatic heterocycles. The molecule has 0 radical (unpaired) electrons. The lowest BCUT2D eigenvalue weighted by Gasteiger charge is -2.11. The first-order valence-electron chi connectivity index (χ1n) is 7.17. The molecular weight excluding hydrogens is 349 g/mol. The van der Waals surface area contributed by atoms with Gasteiger partial charge in [-0.2, -0.15) is 0 Å². The van der Waals surface area contributed by atoms with Crippen LogP contribution in [0.1, 0.15) is 11.4 Å². The fourth-order valence-corrected chi connectivity index (χ4v) is 3.68. The van der Waals surface area contributed by atoms with E-state index in [2.05, 4.69) is 21.4 Å². The molecule has 2 heterocycles. The van der Waals surface area contributed by atoms with E-state index in [1.54, 1.807) is 11.8 Å². The lowest BCUT2D eigenvalue weighted by atomic mass is 10.2. The van der Waals surface area contributed by atoms with Crippen LogP contribution >= 0.6 is 35.0 Å². The summed E-state index contributed by atoms with van der Waals surface area (Å²) >= 11 is 13.9. The third-order valence-corrected chi connectivity index (χ3v) is 5.22. The van der Waals surface area contributed by atoms with Crippen molar-refractivity contribution in [3.05, 3.63) is 69.3 Å². The summed E-state index contributed by atoms with van der Waals surface area (Å²) in [6.45, 7) is 0.691. The lowest BCUT2D eigenvalue weighted by Crippen LogP contribution is -2.12. The maximum absolute atomic E-state index is 6.16. The molecule has 0 aliphatic carbocycles. The molecule has 0 saturated carbocycles. The zero-order chi connectivity index (χ0) is 15.8. The van der Waals surface area contributed by atoms with E-state index in [0.717, 1.165) is 34.0 Å². The quantitative estimate of drug-likeness (QED) is 0.712. The predicted octanol–water partition coefficient (Wildman–Crippen LogP) is 4.98. The van der Waals surface area contributed by atoms with Gasteiger partial charge in [0.1, 0.15) is 0 Å². The number of hydrogen-bond donors (Lipinski definition) is 1. The van der Waals surface area contributed by atoms with Gasteiger partial charge in [-0.25, -0.2) is 4.98 Å². The Bertz CT molecular complexity index is 917. The average molecular weight is 362 g/mol. The Hall–Kier alpha value is -1.62. The topological polar surface area (TPSA) is 29.9 Å². The first-order valence-corrected chi connectivity index (χ1v) is 8.98. The maximum atomic E-state index is 6.16. The van der Waals surface area contributed by atoms with Crippen molar-refractivity contribution < 1.29 is 0 Å². The number of thioether (sulfide) groups is 1. The SMILES string of the molecule is Clc1ccc(Cn2c(C3=CSCN3)nc3ccccc32)cc1Cl. The first kappa shape index (κ1) is 14.9. The van der Waals surface area contributed by atoms with Crippen molar-refractivity contribution in [3.8, 4) is 0 Å². The van der Waals surface area contributed by atoms with Crippen LogP contribution in [0.5, 0.6) is 0 Å². The predicted molar refractivity (Wildman–Crippen MR) is 98.9 cm³/mol. The van der Waals surface area contributed by atoms with Gasteiger partial charge in [0.2, 0.25) is 0 Å². The zero-order valence-corrected chi connectivity index (χ0v) is 14.4. The van der Waals surface area contributed by atoms with Crippen molar-refractivity contribution in [2.24, 2.45) is 0 Å². The fraction of sp³-hybridized carbons (Fsp3) is 0.118. The number of hydrogen-bond acceptors (Lipinski definition) is 3. The van der Waals surface area contributed by atoms with Crippen molar-refractivity contribution >= 4 is 51.7 Å². The minimum absolute atomic E-state index is 0.572. The van der Waals surface area contributed by atoms with Gasteiger partial charge in [0, 0.05) is 6.54 Å². The molecule has 2 aromatic carbocycles. The molecule has 23 heavy (non-hydrogen) atoms. The summed E-state index contributed by atoms with van der Waals surface area (Å²) in [6, 6.07) is 13.9. The number of imidazole rings is 1. The van der Waals surface area contributed by atoms with Crippen LogP contribution in [0.3, 0.4) is 0 Å². The summed E-state index contributed by atoms with van der Waals surface area (Å²) in [5.41, 5.74) is 4.25. The van der Waals surface area contributed by atoms with Gasteiger partial charge in [0.25, 0.3) is 0 Å². The monoisotopic (exact) mass is 361 g/mol. The largest absolute Gasteiger partial charge is 0.372 e. The molecule has 0 bridgehead atoms. The van der Waals surface area contributed by atoms with E-state index in [-0.39, 0.29) is 0 Å². The van der Waals surface area contributed by atoms with Gasteiger partial charge in [-0.05, 0) is 35.2 Å². The van der Waals surface area contributed by atoms with E-state index < -0.39 is 0 Å². The smallest absolute Gasteiger partial charge is 0.158 e. The summed E-state index contributed by atoms with van der Waals surface area (Å²) < 4.78 is 2.21. The Labute approximate surface area is 148 Å². The number of fused-ring (bicyclic) bond motifs is 1. The van der Waals surface area contributed by atoms with Crippen molar-refractivity contribution in [2.45, 2.75) is 6.54 Å². The fourth-order valence-electron chi connectivity index (χ4n) is 2.68. The molecule has 3 nitrogen and oxygen atoms in total. The van der Waals surface area contributed by atoms with Gasteiger partial charge in [0.15, 0.2) is 5.82 Å². The van der Waals surface area contributed by atoms with Crippen LogP contribution in [0.15, 0.2) is 47.9 Å². The molecule has 1 aromatic heterocycles. The second-order valence-electron chi connectivity index (χ2n) is 5.28. The average Bonchev–Trinajstić information content (AvgIpc) is 3.19. The third kappa shape index (κ3) is 2.82. The third-order valence-electron chi connectivity index (χ3n) is 3.77. The second kappa shape index (κ2) is 6.11. The molecule has 0 amide bonds. The van der Waals surface area contributed by atoms with Crippen LogP contribution in [0, 0.1) is 0 Å². The highest BCUT2D eigenvalue weighted by Gasteiger charge is 2.17. The Balaban J connectivity index is 1.83. The summed E-state index contributed by atoms with van der Waals surface area (Å²) in [5.74, 6) is 1.83. The van der Waals surface area contributed by atoms with Gasteiger partial charge >= 0.3 is 0 Å². The van der Waals surface area contributed by atoms with Crippen LogP contribution in [-0.4, -0.2) is 15.4 Å². The summed E-state index contributed by atoms with van der Waals surface area (Å²) in [6.07, 6.45) is 0. The normalized spacial score (nSPS) is 14.1. The molecule has 3 aromatic rings. The number of aromatic nitrogens is 2. The molecule has 6 heteroatoms. The molecular formula is C17H13Cl2N3S. The highest BCUT2D eigenvalue weighted by atomic mass is 35.5. The van der Waals surface area contributed by atoms with E-state index in [1.165, 1.54) is 0 Å². The number of rotatable bonds is 3. The standard InChI is InChI=1S/C17H13Cl2N3S/c18-12-6-5-11(7-13(12)19)8-22-16-4-2-1-3-14(16)21-17(22)15-9-23-10-20-15/h1-7,9,20H,8,10H2. The van der Waals surface area contributed by atoms with Gasteiger partial charge in [0.05, 0.1) is 32.7 Å². The highest BCUT2D eigenvalue weighted by Crippen LogP contribution is 2.28. The Kier molecular flexibility index (Phi) is 3.97. The molecule has 0 atom stereocenters. The number of para-hydroxylation sites is 2. The van der Waals surface area contributed by atoms with E-state index in [0.29, 0.717) is 16.6 Å². The Morgan fingerprint density at radius 3 is 2.78 bits per heavy atom. The van der Waals surface area contributed by atoms with E-state index in [4.69, 9.17) is 28.2 Å². The summed E-state index contributed by atoms with van der Waals surface area (Å²) in [7, 11) is 0. The van der Waals surface area contributed by atoms with Crippen LogP contribution < -0.4 is 5.32 Å². The lowest BCUT2D eigenvalue weighted by molar-refractivity contribution is 0.799. The van der Waals surface area contributed by atoms with Gasteiger partial charge in [-0.15, -0.1) is 11.8 Å². The molecule has 1 aliphatic rings. The molecule has 1 N–H and O–H groups in total. The van der Waals surface area contributed by atoms with Crippen LogP contribution in [0.4, 0.5) is 0 Å². The molecule has 0 saturated heterocycles. The summed E-state index contributed by atoms with van der Waals surface area (Å²) in [4.78, 5) is 4.79. The number of nitrogens with one attached hydrogen (secondary N) is 1. The van der Waals surface area contributed by atoms with E-state index in [1.807, 2.05) is 36.4 Å². The zero-order valence-electron chi connectivity index (χ0n) is 12.1. The molecule has 0 fully saturated rings. The molecule has 0 spiro atoms. The van der Waals surface area contributed by atoms with Gasteiger partial charge in [-0.1, -0.05) is 41.4 Å². The van der Waals surface area contributed by atoms with Crippen molar-refractivity contribution in [3.63, 3.8) is 0 Å². The summed E-state index contributed by atoms with van der Waals surface area (Å²) in [5, 5.41) is 6.64. The minimum Gasteiger partial charge on any atom is -0.372 e. The molecule has 4 rings (SSSR count). The molecule has 0 unspecified atom stereocenters. The first-order chi connectivity index (χ1) is 11.2.